The lowest BCUT2D eigenvalue weighted by Crippen LogP contribution is -2.69. The zero-order valence-corrected chi connectivity index (χ0v) is 23.5. The summed E-state index contributed by atoms with van der Waals surface area (Å²) in [7, 11) is -2.50. The highest BCUT2D eigenvalue weighted by atomic mass is 35.5. The smallest absolute Gasteiger partial charge is 0.407 e. The third kappa shape index (κ3) is 5.46. The molecule has 0 aromatic heterocycles. The SMILES string of the molecule is COc1cc2c(cc1NS(=O)(=O)CCl)OC(C)(C)[C@@](O)(C(C)(C)C)[C@H]2N(CCc1ccccc1)C(=O)O. The van der Waals surface area contributed by atoms with Gasteiger partial charge in [-0.2, -0.15) is 0 Å². The van der Waals surface area contributed by atoms with E-state index in [1.807, 2.05) is 51.1 Å². The lowest BCUT2D eigenvalue weighted by atomic mass is 9.60. The van der Waals surface area contributed by atoms with Gasteiger partial charge < -0.3 is 19.7 Å². The molecule has 1 amide bonds. The number of rotatable bonds is 8. The lowest BCUT2D eigenvalue weighted by Gasteiger charge is -2.59. The van der Waals surface area contributed by atoms with Gasteiger partial charge in [-0.15, -0.1) is 11.6 Å². The molecule has 2 aromatic rings. The van der Waals surface area contributed by atoms with E-state index < -0.39 is 44.0 Å². The Kier molecular flexibility index (Phi) is 7.98. The van der Waals surface area contributed by atoms with Crippen molar-refractivity contribution >= 4 is 33.4 Å². The highest BCUT2D eigenvalue weighted by Crippen LogP contribution is 2.57. The number of hydrogen-bond acceptors (Lipinski definition) is 6. The van der Waals surface area contributed by atoms with Crippen molar-refractivity contribution in [3.63, 3.8) is 0 Å². The van der Waals surface area contributed by atoms with E-state index in [2.05, 4.69) is 4.72 Å². The van der Waals surface area contributed by atoms with Crippen molar-refractivity contribution in [2.45, 2.75) is 58.3 Å². The Morgan fingerprint density at radius 3 is 2.35 bits per heavy atom. The van der Waals surface area contributed by atoms with Crippen LogP contribution in [0.1, 0.15) is 51.8 Å². The van der Waals surface area contributed by atoms with E-state index in [0.29, 0.717) is 12.0 Å². The van der Waals surface area contributed by atoms with Crippen molar-refractivity contribution in [2.75, 3.05) is 23.6 Å². The first-order chi connectivity index (χ1) is 17.1. The van der Waals surface area contributed by atoms with Crippen molar-refractivity contribution in [1.29, 1.82) is 0 Å². The fourth-order valence-electron chi connectivity index (χ4n) is 5.16. The van der Waals surface area contributed by atoms with Crippen molar-refractivity contribution in [3.05, 3.63) is 53.6 Å². The first kappa shape index (κ1) is 28.9. The number of anilines is 1. The quantitative estimate of drug-likeness (QED) is 0.398. The molecule has 3 N–H and O–H groups in total. The molecule has 0 saturated carbocycles. The van der Waals surface area contributed by atoms with E-state index in [4.69, 9.17) is 21.1 Å². The highest BCUT2D eigenvalue weighted by Gasteiger charge is 2.64. The molecule has 0 saturated heterocycles. The van der Waals surface area contributed by atoms with Crippen molar-refractivity contribution in [3.8, 4) is 11.5 Å². The van der Waals surface area contributed by atoms with Crippen LogP contribution in [-0.4, -0.2) is 59.7 Å². The van der Waals surface area contributed by atoms with Gasteiger partial charge in [-0.3, -0.25) is 9.62 Å². The number of amides is 1. The molecule has 3 rings (SSSR count). The summed E-state index contributed by atoms with van der Waals surface area (Å²) < 4.78 is 38.5. The van der Waals surface area contributed by atoms with Gasteiger partial charge in [-0.1, -0.05) is 51.1 Å². The lowest BCUT2D eigenvalue weighted by molar-refractivity contribution is -0.222. The van der Waals surface area contributed by atoms with E-state index in [1.165, 1.54) is 24.1 Å². The van der Waals surface area contributed by atoms with Crippen LogP contribution < -0.4 is 14.2 Å². The fraction of sp³-hybridized carbons (Fsp3) is 0.500. The van der Waals surface area contributed by atoms with Crippen molar-refractivity contribution in [2.24, 2.45) is 5.41 Å². The van der Waals surface area contributed by atoms with Gasteiger partial charge in [0.25, 0.3) is 0 Å². The Hall–Kier alpha value is -2.69. The molecular weight excluding hydrogens is 520 g/mol. The summed E-state index contributed by atoms with van der Waals surface area (Å²) in [4.78, 5) is 14.0. The third-order valence-corrected chi connectivity index (χ3v) is 8.58. The van der Waals surface area contributed by atoms with Crippen LogP contribution in [0, 0.1) is 5.41 Å². The molecule has 0 fully saturated rings. The molecule has 2 atom stereocenters. The summed E-state index contributed by atoms with van der Waals surface area (Å²) >= 11 is 5.57. The minimum Gasteiger partial charge on any atom is -0.495 e. The average molecular weight is 555 g/mol. The van der Waals surface area contributed by atoms with Crippen LogP contribution >= 0.6 is 11.6 Å². The van der Waals surface area contributed by atoms with Crippen LogP contribution in [0.15, 0.2) is 42.5 Å². The van der Waals surface area contributed by atoms with E-state index in [9.17, 15) is 23.4 Å². The molecule has 1 heterocycles. The van der Waals surface area contributed by atoms with Gasteiger partial charge in [0, 0.05) is 18.2 Å². The Bertz CT molecular complexity index is 1250. The minimum absolute atomic E-state index is 0.0869. The van der Waals surface area contributed by atoms with Crippen LogP contribution in [0.25, 0.3) is 0 Å². The molecule has 0 spiro atoms. The molecule has 9 nitrogen and oxygen atoms in total. The number of benzene rings is 2. The van der Waals surface area contributed by atoms with E-state index in [1.54, 1.807) is 13.8 Å². The predicted octanol–water partition coefficient (Wildman–Crippen LogP) is 4.85. The Balaban J connectivity index is 2.25. The molecule has 11 heteroatoms. The highest BCUT2D eigenvalue weighted by molar-refractivity contribution is 7.93. The monoisotopic (exact) mass is 554 g/mol. The zero-order valence-electron chi connectivity index (χ0n) is 21.9. The molecular formula is C26H35ClN2O7S. The number of hydrogen-bond donors (Lipinski definition) is 3. The Labute approximate surface area is 223 Å². The molecule has 0 unspecified atom stereocenters. The molecule has 1 aliphatic heterocycles. The van der Waals surface area contributed by atoms with Crippen LogP contribution in [0.3, 0.4) is 0 Å². The topological polar surface area (TPSA) is 125 Å². The maximum absolute atomic E-state index is 12.7. The second kappa shape index (κ2) is 10.2. The first-order valence-electron chi connectivity index (χ1n) is 11.8. The van der Waals surface area contributed by atoms with Crippen LogP contribution in [0.4, 0.5) is 10.5 Å². The van der Waals surface area contributed by atoms with E-state index in [0.717, 1.165) is 5.56 Å². The van der Waals surface area contributed by atoms with Gasteiger partial charge in [-0.25, -0.2) is 13.2 Å². The predicted molar refractivity (Wildman–Crippen MR) is 143 cm³/mol. The average Bonchev–Trinajstić information content (AvgIpc) is 2.80. The van der Waals surface area contributed by atoms with Gasteiger partial charge in [-0.05, 0) is 37.3 Å². The normalized spacial score (nSPS) is 20.9. The molecule has 37 heavy (non-hydrogen) atoms. The number of methoxy groups -OCH3 is 1. The summed E-state index contributed by atoms with van der Waals surface area (Å²) in [6, 6.07) is 11.4. The van der Waals surface area contributed by atoms with Crippen molar-refractivity contribution in [1.82, 2.24) is 4.90 Å². The minimum atomic E-state index is -3.86. The molecule has 2 aromatic carbocycles. The number of alkyl halides is 1. The van der Waals surface area contributed by atoms with Crippen LogP contribution in [-0.2, 0) is 16.4 Å². The largest absolute Gasteiger partial charge is 0.495 e. The molecule has 0 bridgehead atoms. The van der Waals surface area contributed by atoms with Gasteiger partial charge in [0.1, 0.15) is 27.9 Å². The number of ether oxygens (including phenoxy) is 2. The van der Waals surface area contributed by atoms with E-state index in [-0.39, 0.29) is 23.7 Å². The van der Waals surface area contributed by atoms with Gasteiger partial charge in [0.2, 0.25) is 10.0 Å². The number of halogens is 1. The summed E-state index contributed by atoms with van der Waals surface area (Å²) in [6.07, 6.45) is -0.788. The van der Waals surface area contributed by atoms with Gasteiger partial charge in [0.05, 0.1) is 18.8 Å². The second-order valence-electron chi connectivity index (χ2n) is 10.7. The Morgan fingerprint density at radius 2 is 1.84 bits per heavy atom. The van der Waals surface area contributed by atoms with Crippen LogP contribution in [0.2, 0.25) is 0 Å². The summed E-state index contributed by atoms with van der Waals surface area (Å²) in [5.74, 6) is 0.355. The number of sulfonamides is 1. The van der Waals surface area contributed by atoms with E-state index >= 15 is 0 Å². The second-order valence-corrected chi connectivity index (χ2v) is 13.0. The number of fused-ring (bicyclic) bond motifs is 1. The number of nitrogens with zero attached hydrogens (tertiary/aromatic N) is 1. The van der Waals surface area contributed by atoms with Gasteiger partial charge in [0.15, 0.2) is 0 Å². The number of carbonyl (C=O) groups is 1. The Morgan fingerprint density at radius 1 is 1.22 bits per heavy atom. The maximum Gasteiger partial charge on any atom is 0.407 e. The number of nitrogens with one attached hydrogen (secondary N) is 1. The number of aliphatic hydroxyl groups is 1. The summed E-state index contributed by atoms with van der Waals surface area (Å²) in [5, 5.41) is 22.1. The third-order valence-electron chi connectivity index (χ3n) is 6.90. The maximum atomic E-state index is 12.7. The van der Waals surface area contributed by atoms with Crippen LogP contribution in [0.5, 0.6) is 11.5 Å². The molecule has 204 valence electrons. The molecule has 1 aliphatic rings. The zero-order chi connectivity index (χ0) is 27.8. The first-order valence-corrected chi connectivity index (χ1v) is 14.0. The molecule has 0 radical (unpaired) electrons. The van der Waals surface area contributed by atoms with Crippen molar-refractivity contribution < 1.29 is 32.9 Å². The standard InChI is InChI=1S/C26H35ClN2O7S/c1-24(2,3)26(32)22(29(23(30)31)13-12-17-10-8-7-9-11-17)18-14-21(35-6)19(28-37(33,34)16-27)15-20(18)36-25(26,4)5/h7-11,14-15,22,28,32H,12-13,16H2,1-6H3,(H,30,31)/t22-,26-/m0/s1. The fourth-order valence-corrected chi connectivity index (χ4v) is 5.88. The number of carboxylic acid groups (broad SMARTS) is 1. The molecule has 0 aliphatic carbocycles. The van der Waals surface area contributed by atoms with Gasteiger partial charge >= 0.3 is 6.09 Å². The summed E-state index contributed by atoms with van der Waals surface area (Å²) in [5.41, 5.74) is -2.43. The summed E-state index contributed by atoms with van der Waals surface area (Å²) in [6.45, 7) is 8.96.